The summed E-state index contributed by atoms with van der Waals surface area (Å²) in [7, 11) is 0. The minimum absolute atomic E-state index is 0.536. The number of benzene rings is 2. The molecule has 0 saturated carbocycles. The van der Waals surface area contributed by atoms with Gasteiger partial charge in [-0.2, -0.15) is 4.98 Å². The molecule has 0 saturated heterocycles. The number of nitrogens with zero attached hydrogens (tertiary/aromatic N) is 2. The zero-order valence-corrected chi connectivity index (χ0v) is 13.7. The van der Waals surface area contributed by atoms with Gasteiger partial charge in [0.15, 0.2) is 0 Å². The molecular formula is C18H17ClN4. The predicted molar refractivity (Wildman–Crippen MR) is 96.0 cm³/mol. The third-order valence-corrected chi connectivity index (χ3v) is 3.58. The third kappa shape index (κ3) is 3.99. The normalized spacial score (nSPS) is 10.4. The van der Waals surface area contributed by atoms with Crippen LogP contribution in [0.1, 0.15) is 11.3 Å². The Morgan fingerprint density at radius 1 is 0.870 bits per heavy atom. The van der Waals surface area contributed by atoms with Crippen molar-refractivity contribution in [2.75, 3.05) is 10.6 Å². The molecule has 3 rings (SSSR count). The molecule has 2 aromatic carbocycles. The van der Waals surface area contributed by atoms with Crippen LogP contribution in [0, 0.1) is 13.8 Å². The van der Waals surface area contributed by atoms with Crippen molar-refractivity contribution in [2.24, 2.45) is 0 Å². The first-order valence-corrected chi connectivity index (χ1v) is 7.69. The van der Waals surface area contributed by atoms with Gasteiger partial charge in [0, 0.05) is 28.2 Å². The Hall–Kier alpha value is -2.59. The predicted octanol–water partition coefficient (Wildman–Crippen LogP) is 5.23. The van der Waals surface area contributed by atoms with Crippen molar-refractivity contribution in [1.82, 2.24) is 9.97 Å². The number of aromatic nitrogens is 2. The van der Waals surface area contributed by atoms with Gasteiger partial charge in [-0.15, -0.1) is 0 Å². The summed E-state index contributed by atoms with van der Waals surface area (Å²) < 4.78 is 0. The van der Waals surface area contributed by atoms with Crippen LogP contribution in [-0.4, -0.2) is 9.97 Å². The summed E-state index contributed by atoms with van der Waals surface area (Å²) in [5.74, 6) is 1.28. The van der Waals surface area contributed by atoms with Crippen LogP contribution in [0.15, 0.2) is 54.6 Å². The Balaban J connectivity index is 1.87. The minimum Gasteiger partial charge on any atom is -0.340 e. The Morgan fingerprint density at radius 3 is 2.43 bits per heavy atom. The molecule has 0 aliphatic carbocycles. The van der Waals surface area contributed by atoms with Crippen molar-refractivity contribution in [3.8, 4) is 0 Å². The fraction of sp³-hybridized carbons (Fsp3) is 0.111. The molecular weight excluding hydrogens is 308 g/mol. The monoisotopic (exact) mass is 324 g/mol. The van der Waals surface area contributed by atoms with Crippen molar-refractivity contribution in [3.63, 3.8) is 0 Å². The topological polar surface area (TPSA) is 49.8 Å². The summed E-state index contributed by atoms with van der Waals surface area (Å²) in [6.07, 6.45) is 0. The molecule has 23 heavy (non-hydrogen) atoms. The highest BCUT2D eigenvalue weighted by Crippen LogP contribution is 2.24. The molecule has 1 heterocycles. The maximum atomic E-state index is 6.06. The molecule has 3 aromatic rings. The van der Waals surface area contributed by atoms with Crippen molar-refractivity contribution in [2.45, 2.75) is 13.8 Å². The molecule has 4 nitrogen and oxygen atoms in total. The van der Waals surface area contributed by atoms with Crippen LogP contribution in [0.5, 0.6) is 0 Å². The Bertz CT molecular complexity index is 819. The average molecular weight is 325 g/mol. The van der Waals surface area contributed by atoms with Gasteiger partial charge in [-0.3, -0.25) is 0 Å². The van der Waals surface area contributed by atoms with E-state index in [9.17, 15) is 0 Å². The van der Waals surface area contributed by atoms with Crippen LogP contribution in [0.3, 0.4) is 0 Å². The lowest BCUT2D eigenvalue weighted by Crippen LogP contribution is -2.03. The summed E-state index contributed by atoms with van der Waals surface area (Å²) in [6, 6.07) is 17.5. The molecule has 0 bridgehead atoms. The largest absolute Gasteiger partial charge is 0.340 e. The summed E-state index contributed by atoms with van der Waals surface area (Å²) in [6.45, 7) is 3.95. The van der Waals surface area contributed by atoms with Crippen LogP contribution < -0.4 is 10.6 Å². The summed E-state index contributed by atoms with van der Waals surface area (Å²) in [5.41, 5.74) is 3.84. The van der Waals surface area contributed by atoms with E-state index >= 15 is 0 Å². The number of rotatable bonds is 4. The second kappa shape index (κ2) is 6.67. The zero-order valence-electron chi connectivity index (χ0n) is 13.0. The number of hydrogen-bond donors (Lipinski definition) is 2. The van der Waals surface area contributed by atoms with Gasteiger partial charge in [0.25, 0.3) is 0 Å². The van der Waals surface area contributed by atoms with Gasteiger partial charge in [-0.05, 0) is 43.7 Å². The lowest BCUT2D eigenvalue weighted by molar-refractivity contribution is 1.11. The summed E-state index contributed by atoms with van der Waals surface area (Å²) >= 11 is 6.06. The van der Waals surface area contributed by atoms with Gasteiger partial charge in [-0.1, -0.05) is 35.9 Å². The lowest BCUT2D eigenvalue weighted by Gasteiger charge is -2.11. The molecule has 1 aromatic heterocycles. The Labute approximate surface area is 140 Å². The highest BCUT2D eigenvalue weighted by Gasteiger charge is 2.06. The number of halogens is 1. The van der Waals surface area contributed by atoms with Gasteiger partial charge in [-0.25, -0.2) is 4.98 Å². The van der Waals surface area contributed by atoms with Gasteiger partial charge in [0.05, 0.1) is 0 Å². The first-order valence-electron chi connectivity index (χ1n) is 7.31. The second-order valence-corrected chi connectivity index (χ2v) is 5.73. The number of nitrogens with one attached hydrogen (secondary N) is 2. The van der Waals surface area contributed by atoms with Crippen LogP contribution in [0.25, 0.3) is 0 Å². The van der Waals surface area contributed by atoms with Gasteiger partial charge < -0.3 is 10.6 Å². The van der Waals surface area contributed by atoms with Crippen molar-refractivity contribution < 1.29 is 0 Å². The smallest absolute Gasteiger partial charge is 0.229 e. The van der Waals surface area contributed by atoms with Crippen molar-refractivity contribution in [1.29, 1.82) is 0 Å². The highest BCUT2D eigenvalue weighted by molar-refractivity contribution is 6.30. The standard InChI is InChI=1S/C18H17ClN4/c1-12-8-9-14(19)11-16(12)22-18-20-13(2)10-17(23-18)21-15-6-4-3-5-7-15/h3-11H,1-2H3,(H2,20,21,22,23). The first kappa shape index (κ1) is 15.3. The van der Waals surface area contributed by atoms with E-state index in [4.69, 9.17) is 11.6 Å². The van der Waals surface area contributed by atoms with Gasteiger partial charge in [0.2, 0.25) is 5.95 Å². The van der Waals surface area contributed by atoms with Crippen LogP contribution in [-0.2, 0) is 0 Å². The lowest BCUT2D eigenvalue weighted by atomic mass is 10.2. The van der Waals surface area contributed by atoms with E-state index in [2.05, 4.69) is 20.6 Å². The van der Waals surface area contributed by atoms with E-state index in [-0.39, 0.29) is 0 Å². The van der Waals surface area contributed by atoms with E-state index in [0.717, 1.165) is 28.5 Å². The van der Waals surface area contributed by atoms with E-state index in [1.54, 1.807) is 0 Å². The van der Waals surface area contributed by atoms with Crippen molar-refractivity contribution >= 4 is 34.7 Å². The number of anilines is 4. The van der Waals surface area contributed by atoms with E-state index in [0.29, 0.717) is 11.0 Å². The fourth-order valence-corrected chi connectivity index (χ4v) is 2.38. The molecule has 116 valence electrons. The molecule has 0 fully saturated rings. The minimum atomic E-state index is 0.536. The highest BCUT2D eigenvalue weighted by atomic mass is 35.5. The van der Waals surface area contributed by atoms with E-state index in [1.165, 1.54) is 0 Å². The Kier molecular flexibility index (Phi) is 4.44. The van der Waals surface area contributed by atoms with Gasteiger partial charge in [0.1, 0.15) is 5.82 Å². The number of aryl methyl sites for hydroxylation is 2. The number of hydrogen-bond acceptors (Lipinski definition) is 4. The second-order valence-electron chi connectivity index (χ2n) is 5.29. The maximum Gasteiger partial charge on any atom is 0.229 e. The summed E-state index contributed by atoms with van der Waals surface area (Å²) in [4.78, 5) is 8.95. The molecule has 0 aliphatic heterocycles. The van der Waals surface area contributed by atoms with E-state index < -0.39 is 0 Å². The molecule has 5 heteroatoms. The summed E-state index contributed by atoms with van der Waals surface area (Å²) in [5, 5.41) is 7.19. The van der Waals surface area contributed by atoms with Crippen molar-refractivity contribution in [3.05, 3.63) is 70.9 Å². The molecule has 0 atom stereocenters. The molecule has 0 amide bonds. The van der Waals surface area contributed by atoms with Crippen LogP contribution in [0.2, 0.25) is 5.02 Å². The third-order valence-electron chi connectivity index (χ3n) is 3.35. The fourth-order valence-electron chi connectivity index (χ4n) is 2.21. The molecule has 2 N–H and O–H groups in total. The van der Waals surface area contributed by atoms with Crippen LogP contribution in [0.4, 0.5) is 23.1 Å². The quantitative estimate of drug-likeness (QED) is 0.689. The number of para-hydroxylation sites is 1. The molecule has 0 unspecified atom stereocenters. The molecule has 0 spiro atoms. The van der Waals surface area contributed by atoms with Crippen LogP contribution >= 0.6 is 11.6 Å². The average Bonchev–Trinajstić information content (AvgIpc) is 2.51. The molecule has 0 radical (unpaired) electrons. The van der Waals surface area contributed by atoms with E-state index in [1.807, 2.05) is 68.4 Å². The van der Waals surface area contributed by atoms with Gasteiger partial charge >= 0.3 is 0 Å². The first-order chi connectivity index (χ1) is 11.1. The maximum absolute atomic E-state index is 6.06. The zero-order chi connectivity index (χ0) is 16.2. The molecule has 0 aliphatic rings. The SMILES string of the molecule is Cc1cc(Nc2ccccc2)nc(Nc2cc(Cl)ccc2C)n1. The Morgan fingerprint density at radius 2 is 1.65 bits per heavy atom.